The summed E-state index contributed by atoms with van der Waals surface area (Å²) in [5, 5.41) is 10.7. The van der Waals surface area contributed by atoms with Crippen LogP contribution in [0.15, 0.2) is 16.8 Å². The van der Waals surface area contributed by atoms with Crippen molar-refractivity contribution in [3.05, 3.63) is 24.0 Å². The third-order valence-corrected chi connectivity index (χ3v) is 4.10. The van der Waals surface area contributed by atoms with Crippen LogP contribution in [-0.4, -0.2) is 26.1 Å². The maximum Gasteiger partial charge on any atom is 0.267 e. The summed E-state index contributed by atoms with van der Waals surface area (Å²) in [4.78, 5) is 20.3. The molecule has 7 heteroatoms. The highest BCUT2D eigenvalue weighted by atomic mass is 16.4. The van der Waals surface area contributed by atoms with E-state index in [0.29, 0.717) is 29.8 Å². The molecule has 1 fully saturated rings. The summed E-state index contributed by atoms with van der Waals surface area (Å²) < 4.78 is 5.51. The first kappa shape index (κ1) is 15.6. The molecule has 0 spiro atoms. The summed E-state index contributed by atoms with van der Waals surface area (Å²) >= 11 is 0. The number of nitrogens with one attached hydrogen (secondary N) is 1. The molecule has 1 aliphatic rings. The van der Waals surface area contributed by atoms with Crippen molar-refractivity contribution >= 4 is 5.91 Å². The van der Waals surface area contributed by atoms with Gasteiger partial charge in [0.2, 0.25) is 11.8 Å². The maximum absolute atomic E-state index is 12.0. The van der Waals surface area contributed by atoms with Crippen LogP contribution in [0.1, 0.15) is 50.1 Å². The Labute approximate surface area is 134 Å². The van der Waals surface area contributed by atoms with Gasteiger partial charge in [-0.25, -0.2) is 4.98 Å². The number of hydrogen-bond acceptors (Lipinski definition) is 6. The molecule has 2 heterocycles. The number of amides is 1. The van der Waals surface area contributed by atoms with Crippen LogP contribution in [0.5, 0.6) is 0 Å². The number of carbonyl (C=O) groups is 1. The molecule has 2 aromatic heterocycles. The third kappa shape index (κ3) is 4.34. The van der Waals surface area contributed by atoms with Gasteiger partial charge in [-0.1, -0.05) is 19.3 Å². The molecular formula is C16H21N5O2. The molecule has 2 aromatic rings. The third-order valence-electron chi connectivity index (χ3n) is 4.10. The lowest BCUT2D eigenvalue weighted by Crippen LogP contribution is -2.26. The van der Waals surface area contributed by atoms with Crippen LogP contribution in [0, 0.1) is 12.8 Å². The molecule has 7 nitrogen and oxygen atoms in total. The van der Waals surface area contributed by atoms with Crippen LogP contribution in [0.2, 0.25) is 0 Å². The van der Waals surface area contributed by atoms with Crippen molar-refractivity contribution in [2.75, 3.05) is 0 Å². The summed E-state index contributed by atoms with van der Waals surface area (Å²) in [6.45, 7) is 2.11. The smallest absolute Gasteiger partial charge is 0.267 e. The van der Waals surface area contributed by atoms with Crippen molar-refractivity contribution in [3.63, 3.8) is 0 Å². The lowest BCUT2D eigenvalue weighted by atomic mass is 9.87. The number of nitrogens with zero attached hydrogens (tertiary/aromatic N) is 4. The molecule has 0 saturated heterocycles. The van der Waals surface area contributed by atoms with Gasteiger partial charge in [0.15, 0.2) is 0 Å². The average Bonchev–Trinajstić information content (AvgIpc) is 3.04. The van der Waals surface area contributed by atoms with E-state index in [0.717, 1.165) is 18.5 Å². The van der Waals surface area contributed by atoms with Crippen molar-refractivity contribution in [3.8, 4) is 11.6 Å². The summed E-state index contributed by atoms with van der Waals surface area (Å²) in [7, 11) is 0. The van der Waals surface area contributed by atoms with E-state index in [2.05, 4.69) is 25.5 Å². The Morgan fingerprint density at radius 2 is 2.04 bits per heavy atom. The Balaban J connectivity index is 1.50. The predicted octanol–water partition coefficient (Wildman–Crippen LogP) is 2.42. The molecule has 0 aliphatic heterocycles. The monoisotopic (exact) mass is 315 g/mol. The highest BCUT2D eigenvalue weighted by Crippen LogP contribution is 2.26. The van der Waals surface area contributed by atoms with Crippen molar-refractivity contribution < 1.29 is 9.21 Å². The second-order valence-electron chi connectivity index (χ2n) is 6.03. The zero-order valence-corrected chi connectivity index (χ0v) is 13.3. The fraction of sp³-hybridized carbons (Fsp3) is 0.562. The topological polar surface area (TPSA) is 93.8 Å². The maximum atomic E-state index is 12.0. The summed E-state index contributed by atoms with van der Waals surface area (Å²) in [5.74, 6) is 1.25. The van der Waals surface area contributed by atoms with Gasteiger partial charge in [-0.15, -0.1) is 10.2 Å². The van der Waals surface area contributed by atoms with Crippen LogP contribution in [0.4, 0.5) is 0 Å². The molecule has 23 heavy (non-hydrogen) atoms. The highest BCUT2D eigenvalue weighted by molar-refractivity contribution is 5.76. The zero-order valence-electron chi connectivity index (χ0n) is 13.3. The van der Waals surface area contributed by atoms with Crippen molar-refractivity contribution in [1.82, 2.24) is 25.5 Å². The van der Waals surface area contributed by atoms with E-state index in [1.165, 1.54) is 19.3 Å². The fourth-order valence-corrected chi connectivity index (χ4v) is 2.83. The first-order valence-electron chi connectivity index (χ1n) is 8.09. The summed E-state index contributed by atoms with van der Waals surface area (Å²) in [5.41, 5.74) is 1.35. The minimum atomic E-state index is 0.0479. The Hall–Kier alpha value is -2.31. The van der Waals surface area contributed by atoms with Gasteiger partial charge >= 0.3 is 0 Å². The molecule has 1 saturated carbocycles. The minimum absolute atomic E-state index is 0.0479. The molecule has 0 aromatic carbocycles. The van der Waals surface area contributed by atoms with Crippen molar-refractivity contribution in [2.45, 2.75) is 52.0 Å². The SMILES string of the molecule is Cc1cnc(-c2nnc(CNC(=O)CC3CCCCC3)o2)cn1. The normalized spacial score (nSPS) is 15.5. The van der Waals surface area contributed by atoms with E-state index >= 15 is 0 Å². The summed E-state index contributed by atoms with van der Waals surface area (Å²) in [6, 6.07) is 0. The number of aromatic nitrogens is 4. The molecule has 1 N–H and O–H groups in total. The predicted molar refractivity (Wildman–Crippen MR) is 83.1 cm³/mol. The average molecular weight is 315 g/mol. The largest absolute Gasteiger partial charge is 0.417 e. The summed E-state index contributed by atoms with van der Waals surface area (Å²) in [6.07, 6.45) is 9.91. The molecular weight excluding hydrogens is 294 g/mol. The van der Waals surface area contributed by atoms with Gasteiger partial charge in [-0.3, -0.25) is 9.78 Å². The number of rotatable bonds is 5. The molecule has 0 atom stereocenters. The highest BCUT2D eigenvalue weighted by Gasteiger charge is 2.17. The van der Waals surface area contributed by atoms with Gasteiger partial charge in [-0.05, 0) is 25.7 Å². The van der Waals surface area contributed by atoms with Crippen LogP contribution in [0.25, 0.3) is 11.6 Å². The molecule has 3 rings (SSSR count). The molecule has 0 bridgehead atoms. The van der Waals surface area contributed by atoms with E-state index in [-0.39, 0.29) is 12.5 Å². The van der Waals surface area contributed by atoms with E-state index in [4.69, 9.17) is 4.42 Å². The number of aryl methyl sites for hydroxylation is 1. The van der Waals surface area contributed by atoms with Gasteiger partial charge in [0, 0.05) is 12.6 Å². The Morgan fingerprint density at radius 3 is 2.78 bits per heavy atom. The molecule has 0 radical (unpaired) electrons. The van der Waals surface area contributed by atoms with E-state index < -0.39 is 0 Å². The minimum Gasteiger partial charge on any atom is -0.417 e. The second-order valence-corrected chi connectivity index (χ2v) is 6.03. The second kappa shape index (κ2) is 7.30. The van der Waals surface area contributed by atoms with E-state index in [1.807, 2.05) is 6.92 Å². The van der Waals surface area contributed by atoms with Crippen LogP contribution in [-0.2, 0) is 11.3 Å². The first-order valence-corrected chi connectivity index (χ1v) is 8.09. The van der Waals surface area contributed by atoms with E-state index in [1.54, 1.807) is 12.4 Å². The standard InChI is InChI=1S/C16H21N5O2/c1-11-8-18-13(9-17-11)16-21-20-15(23-16)10-19-14(22)7-12-5-3-2-4-6-12/h8-9,12H,2-7,10H2,1H3,(H,19,22). The van der Waals surface area contributed by atoms with Gasteiger partial charge in [0.1, 0.15) is 5.69 Å². The molecule has 122 valence electrons. The first-order chi connectivity index (χ1) is 11.2. The Bertz CT molecular complexity index is 647. The van der Waals surface area contributed by atoms with Crippen LogP contribution >= 0.6 is 0 Å². The van der Waals surface area contributed by atoms with Gasteiger partial charge < -0.3 is 9.73 Å². The molecule has 1 aliphatic carbocycles. The van der Waals surface area contributed by atoms with Gasteiger partial charge in [-0.2, -0.15) is 0 Å². The number of hydrogen-bond donors (Lipinski definition) is 1. The van der Waals surface area contributed by atoms with Crippen molar-refractivity contribution in [2.24, 2.45) is 5.92 Å². The zero-order chi connectivity index (χ0) is 16.1. The van der Waals surface area contributed by atoms with Gasteiger partial charge in [0.05, 0.1) is 18.4 Å². The Kier molecular flexibility index (Phi) is 4.95. The fourth-order valence-electron chi connectivity index (χ4n) is 2.83. The van der Waals surface area contributed by atoms with Crippen LogP contribution in [0.3, 0.4) is 0 Å². The lowest BCUT2D eigenvalue weighted by Gasteiger charge is -2.20. The van der Waals surface area contributed by atoms with Gasteiger partial charge in [0.25, 0.3) is 5.89 Å². The quantitative estimate of drug-likeness (QED) is 0.910. The van der Waals surface area contributed by atoms with E-state index in [9.17, 15) is 4.79 Å². The molecule has 1 amide bonds. The number of carbonyl (C=O) groups excluding carboxylic acids is 1. The molecule has 0 unspecified atom stereocenters. The van der Waals surface area contributed by atoms with Crippen LogP contribution < -0.4 is 5.32 Å². The lowest BCUT2D eigenvalue weighted by molar-refractivity contribution is -0.122. The van der Waals surface area contributed by atoms with Crippen molar-refractivity contribution in [1.29, 1.82) is 0 Å². The Morgan fingerprint density at radius 1 is 1.22 bits per heavy atom.